The zero-order valence-corrected chi connectivity index (χ0v) is 17.3. The standard InChI is InChI=1S/C22H31NO7/c1-2-30-12-9-16(19(25)26)14-22(10-3-4-11-22)21(29)23-18(20(27)28)13-15-5-7-17(24)8-6-15/h5-8,16,18,24H,2-4,9-14H2,1H3,(H,23,29)(H,25,26)(H,27,28)/t16-,18+/m1/s1. The van der Waals surface area contributed by atoms with Gasteiger partial charge in [0.05, 0.1) is 11.3 Å². The second kappa shape index (κ2) is 11.0. The van der Waals surface area contributed by atoms with Crippen molar-refractivity contribution in [1.29, 1.82) is 0 Å². The summed E-state index contributed by atoms with van der Waals surface area (Å²) in [6, 6.07) is 5.01. The largest absolute Gasteiger partial charge is 0.508 e. The fourth-order valence-corrected chi connectivity index (χ4v) is 4.11. The molecule has 2 atom stereocenters. The second-order valence-corrected chi connectivity index (χ2v) is 7.95. The van der Waals surface area contributed by atoms with Gasteiger partial charge in [-0.15, -0.1) is 0 Å². The highest BCUT2D eigenvalue weighted by molar-refractivity contribution is 5.88. The third-order valence-electron chi connectivity index (χ3n) is 5.82. The Kier molecular flexibility index (Phi) is 8.65. The molecular weight excluding hydrogens is 390 g/mol. The van der Waals surface area contributed by atoms with E-state index in [2.05, 4.69) is 5.32 Å². The fraction of sp³-hybridized carbons (Fsp3) is 0.591. The van der Waals surface area contributed by atoms with Crippen LogP contribution in [-0.2, 0) is 25.5 Å². The Morgan fingerprint density at radius 3 is 2.27 bits per heavy atom. The Labute approximate surface area is 176 Å². The van der Waals surface area contributed by atoms with Crippen LogP contribution >= 0.6 is 0 Å². The summed E-state index contributed by atoms with van der Waals surface area (Å²) < 4.78 is 5.28. The third-order valence-corrected chi connectivity index (χ3v) is 5.82. The average Bonchev–Trinajstić information content (AvgIpc) is 3.18. The second-order valence-electron chi connectivity index (χ2n) is 7.95. The van der Waals surface area contributed by atoms with Crippen molar-refractivity contribution in [3.05, 3.63) is 29.8 Å². The molecule has 30 heavy (non-hydrogen) atoms. The van der Waals surface area contributed by atoms with Gasteiger partial charge in [0.15, 0.2) is 0 Å². The fourth-order valence-electron chi connectivity index (χ4n) is 4.11. The minimum Gasteiger partial charge on any atom is -0.508 e. The lowest BCUT2D eigenvalue weighted by molar-refractivity contribution is -0.147. The average molecular weight is 421 g/mol. The number of aliphatic carboxylic acids is 2. The van der Waals surface area contributed by atoms with Crippen molar-refractivity contribution in [3.63, 3.8) is 0 Å². The zero-order chi connectivity index (χ0) is 22.1. The topological polar surface area (TPSA) is 133 Å². The number of hydrogen-bond acceptors (Lipinski definition) is 5. The van der Waals surface area contributed by atoms with Gasteiger partial charge >= 0.3 is 11.9 Å². The Hall–Kier alpha value is -2.61. The molecule has 0 heterocycles. The first-order valence-electron chi connectivity index (χ1n) is 10.4. The number of aromatic hydroxyl groups is 1. The molecule has 1 aromatic carbocycles. The molecule has 0 radical (unpaired) electrons. The van der Waals surface area contributed by atoms with E-state index < -0.39 is 35.2 Å². The predicted molar refractivity (Wildman–Crippen MR) is 109 cm³/mol. The number of amides is 1. The van der Waals surface area contributed by atoms with Crippen molar-refractivity contribution < 1.29 is 34.4 Å². The van der Waals surface area contributed by atoms with E-state index in [0.717, 1.165) is 12.8 Å². The highest BCUT2D eigenvalue weighted by Gasteiger charge is 2.45. The molecule has 0 spiro atoms. The highest BCUT2D eigenvalue weighted by Crippen LogP contribution is 2.44. The van der Waals surface area contributed by atoms with E-state index in [4.69, 9.17) is 4.74 Å². The van der Waals surface area contributed by atoms with Crippen LogP contribution < -0.4 is 5.32 Å². The maximum absolute atomic E-state index is 13.2. The van der Waals surface area contributed by atoms with Crippen LogP contribution in [0.15, 0.2) is 24.3 Å². The van der Waals surface area contributed by atoms with Gasteiger partial charge in [0.2, 0.25) is 5.91 Å². The number of nitrogens with one attached hydrogen (secondary N) is 1. The lowest BCUT2D eigenvalue weighted by Gasteiger charge is -2.32. The number of carbonyl (C=O) groups excluding carboxylic acids is 1. The van der Waals surface area contributed by atoms with Crippen LogP contribution in [0.25, 0.3) is 0 Å². The molecule has 0 bridgehead atoms. The van der Waals surface area contributed by atoms with Gasteiger partial charge in [-0.25, -0.2) is 4.79 Å². The molecule has 1 fully saturated rings. The number of rotatable bonds is 12. The molecule has 0 aliphatic heterocycles. The van der Waals surface area contributed by atoms with Crippen molar-refractivity contribution in [3.8, 4) is 5.75 Å². The smallest absolute Gasteiger partial charge is 0.326 e. The lowest BCUT2D eigenvalue weighted by Crippen LogP contribution is -2.49. The summed E-state index contributed by atoms with van der Waals surface area (Å²) in [6.45, 7) is 2.64. The maximum atomic E-state index is 13.2. The molecule has 0 saturated heterocycles. The molecule has 1 aromatic rings. The van der Waals surface area contributed by atoms with Crippen molar-refractivity contribution in [2.75, 3.05) is 13.2 Å². The molecule has 2 rings (SSSR count). The quantitative estimate of drug-likeness (QED) is 0.381. The number of ether oxygens (including phenoxy) is 1. The number of benzene rings is 1. The van der Waals surface area contributed by atoms with Crippen LogP contribution in [0.1, 0.15) is 51.0 Å². The summed E-state index contributed by atoms with van der Waals surface area (Å²) in [5.41, 5.74) is -0.209. The van der Waals surface area contributed by atoms with Crippen LogP contribution in [0.2, 0.25) is 0 Å². The zero-order valence-electron chi connectivity index (χ0n) is 17.3. The third kappa shape index (κ3) is 6.45. The van der Waals surface area contributed by atoms with Crippen LogP contribution in [0.5, 0.6) is 5.75 Å². The number of phenolic OH excluding ortho intramolecular Hbond substituents is 1. The molecule has 1 amide bonds. The molecular formula is C22H31NO7. The molecule has 1 saturated carbocycles. The van der Waals surface area contributed by atoms with Gasteiger partial charge in [-0.05, 0) is 50.3 Å². The first-order chi connectivity index (χ1) is 14.3. The first kappa shape index (κ1) is 23.7. The summed E-state index contributed by atoms with van der Waals surface area (Å²) >= 11 is 0. The van der Waals surface area contributed by atoms with E-state index in [9.17, 15) is 29.7 Å². The van der Waals surface area contributed by atoms with Gasteiger partial charge in [0.25, 0.3) is 0 Å². The SMILES string of the molecule is CCOCC[C@H](CC1(C(=O)N[C@@H](Cc2ccc(O)cc2)C(=O)O)CCCC1)C(=O)O. The Morgan fingerprint density at radius 1 is 1.10 bits per heavy atom. The lowest BCUT2D eigenvalue weighted by atomic mass is 9.75. The van der Waals surface area contributed by atoms with Crippen molar-refractivity contribution in [1.82, 2.24) is 5.32 Å². The summed E-state index contributed by atoms with van der Waals surface area (Å²) in [5, 5.41) is 31.3. The van der Waals surface area contributed by atoms with Gasteiger partial charge < -0.3 is 25.4 Å². The van der Waals surface area contributed by atoms with E-state index in [0.29, 0.717) is 38.0 Å². The van der Waals surface area contributed by atoms with E-state index in [1.807, 2.05) is 6.92 Å². The summed E-state index contributed by atoms with van der Waals surface area (Å²) in [5.74, 6) is -3.16. The van der Waals surface area contributed by atoms with Gasteiger partial charge in [-0.2, -0.15) is 0 Å². The first-order valence-corrected chi connectivity index (χ1v) is 10.4. The molecule has 1 aliphatic carbocycles. The van der Waals surface area contributed by atoms with Crippen molar-refractivity contribution in [2.24, 2.45) is 11.3 Å². The Morgan fingerprint density at radius 2 is 1.73 bits per heavy atom. The molecule has 4 N–H and O–H groups in total. The Balaban J connectivity index is 2.12. The highest BCUT2D eigenvalue weighted by atomic mass is 16.5. The monoisotopic (exact) mass is 421 g/mol. The predicted octanol–water partition coefficient (Wildman–Crippen LogP) is 2.58. The van der Waals surface area contributed by atoms with E-state index in [-0.39, 0.29) is 18.6 Å². The maximum Gasteiger partial charge on any atom is 0.326 e. The van der Waals surface area contributed by atoms with Gasteiger partial charge in [0.1, 0.15) is 11.8 Å². The number of hydrogen-bond donors (Lipinski definition) is 4. The van der Waals surface area contributed by atoms with Crippen LogP contribution in [0.4, 0.5) is 0 Å². The van der Waals surface area contributed by atoms with Gasteiger partial charge in [-0.3, -0.25) is 9.59 Å². The van der Waals surface area contributed by atoms with Crippen LogP contribution in [-0.4, -0.2) is 52.4 Å². The minimum atomic E-state index is -1.16. The molecule has 0 unspecified atom stereocenters. The van der Waals surface area contributed by atoms with Crippen LogP contribution in [0.3, 0.4) is 0 Å². The van der Waals surface area contributed by atoms with E-state index in [1.54, 1.807) is 12.1 Å². The molecule has 1 aliphatic rings. The van der Waals surface area contributed by atoms with Crippen LogP contribution in [0, 0.1) is 11.3 Å². The molecule has 8 heteroatoms. The van der Waals surface area contributed by atoms with E-state index >= 15 is 0 Å². The minimum absolute atomic E-state index is 0.0735. The number of carbonyl (C=O) groups is 3. The summed E-state index contributed by atoms with van der Waals surface area (Å²) in [6.07, 6.45) is 3.26. The van der Waals surface area contributed by atoms with Crippen molar-refractivity contribution >= 4 is 17.8 Å². The molecule has 8 nitrogen and oxygen atoms in total. The Bertz CT molecular complexity index is 726. The normalized spacial score (nSPS) is 17.2. The summed E-state index contributed by atoms with van der Waals surface area (Å²) in [7, 11) is 0. The van der Waals surface area contributed by atoms with Crippen molar-refractivity contribution in [2.45, 2.75) is 57.9 Å². The molecule has 166 valence electrons. The number of phenols is 1. The van der Waals surface area contributed by atoms with Gasteiger partial charge in [-0.1, -0.05) is 25.0 Å². The summed E-state index contributed by atoms with van der Waals surface area (Å²) in [4.78, 5) is 36.7. The molecule has 0 aromatic heterocycles. The number of carboxylic acids is 2. The van der Waals surface area contributed by atoms with E-state index in [1.165, 1.54) is 12.1 Å². The number of carboxylic acid groups (broad SMARTS) is 2. The van der Waals surface area contributed by atoms with Gasteiger partial charge in [0, 0.05) is 19.6 Å².